The van der Waals surface area contributed by atoms with Gasteiger partial charge in [-0.15, -0.1) is 0 Å². The molecule has 0 aliphatic rings. The summed E-state index contributed by atoms with van der Waals surface area (Å²) in [5.74, 6) is 6.34. The fourth-order valence-electron chi connectivity index (χ4n) is 1.74. The van der Waals surface area contributed by atoms with Crippen LogP contribution >= 0.6 is 23.4 Å². The first-order chi connectivity index (χ1) is 10.2. The predicted molar refractivity (Wildman–Crippen MR) is 86.8 cm³/mol. The van der Waals surface area contributed by atoms with Gasteiger partial charge >= 0.3 is 0 Å². The Morgan fingerprint density at radius 2 is 1.86 bits per heavy atom. The van der Waals surface area contributed by atoms with Crippen molar-refractivity contribution in [1.29, 1.82) is 0 Å². The van der Waals surface area contributed by atoms with Crippen molar-refractivity contribution in [3.8, 4) is 11.8 Å². The Labute approximate surface area is 133 Å². The summed E-state index contributed by atoms with van der Waals surface area (Å²) in [6.07, 6.45) is 0. The topological polar surface area (TPSA) is 20.2 Å². The Morgan fingerprint density at radius 1 is 1.10 bits per heavy atom. The zero-order valence-electron chi connectivity index (χ0n) is 11.3. The van der Waals surface area contributed by atoms with Crippen molar-refractivity contribution in [2.24, 2.45) is 0 Å². The molecular weight excluding hydrogens is 307 g/mol. The Hall–Kier alpha value is -1.47. The van der Waals surface area contributed by atoms with Crippen molar-refractivity contribution in [2.45, 2.75) is 11.5 Å². The molecule has 108 valence electrons. The van der Waals surface area contributed by atoms with Gasteiger partial charge in [0.1, 0.15) is 12.4 Å². The summed E-state index contributed by atoms with van der Waals surface area (Å²) in [4.78, 5) is 0. The number of thioether (sulfide) groups is 1. The van der Waals surface area contributed by atoms with Crippen molar-refractivity contribution in [1.82, 2.24) is 0 Å². The van der Waals surface area contributed by atoms with Crippen LogP contribution in [0.4, 0.5) is 4.39 Å². The monoisotopic (exact) mass is 320 g/mol. The van der Waals surface area contributed by atoms with Gasteiger partial charge in [0.2, 0.25) is 0 Å². The first kappa shape index (κ1) is 15.9. The van der Waals surface area contributed by atoms with Crippen molar-refractivity contribution >= 4 is 23.4 Å². The second-order valence-electron chi connectivity index (χ2n) is 4.39. The van der Waals surface area contributed by atoms with Crippen LogP contribution in [0.5, 0.6) is 0 Å². The third-order valence-electron chi connectivity index (χ3n) is 2.80. The van der Waals surface area contributed by atoms with Gasteiger partial charge in [-0.2, -0.15) is 11.8 Å². The Morgan fingerprint density at radius 3 is 2.52 bits per heavy atom. The molecule has 0 radical (unpaired) electrons. The molecule has 0 unspecified atom stereocenters. The Bertz CT molecular complexity index is 659. The SMILES string of the molecule is OCC#Cc1ccc(CSCc2ccc(Cl)cc2)c(F)c1. The van der Waals surface area contributed by atoms with Crippen LogP contribution in [0.2, 0.25) is 5.02 Å². The van der Waals surface area contributed by atoms with E-state index in [9.17, 15) is 4.39 Å². The fraction of sp³-hybridized carbons (Fsp3) is 0.176. The lowest BCUT2D eigenvalue weighted by molar-refractivity contribution is 0.350. The zero-order valence-corrected chi connectivity index (χ0v) is 12.8. The highest BCUT2D eigenvalue weighted by molar-refractivity contribution is 7.97. The van der Waals surface area contributed by atoms with Crippen LogP contribution < -0.4 is 0 Å². The maximum absolute atomic E-state index is 13.9. The van der Waals surface area contributed by atoms with Gasteiger partial charge in [0, 0.05) is 22.1 Å². The van der Waals surface area contributed by atoms with Crippen molar-refractivity contribution in [3.05, 3.63) is 70.0 Å². The lowest BCUT2D eigenvalue weighted by Crippen LogP contribution is -1.90. The van der Waals surface area contributed by atoms with Crippen LogP contribution in [0.1, 0.15) is 16.7 Å². The van der Waals surface area contributed by atoms with E-state index in [0.717, 1.165) is 16.3 Å². The van der Waals surface area contributed by atoms with E-state index in [1.165, 1.54) is 6.07 Å². The summed E-state index contributed by atoms with van der Waals surface area (Å²) in [6, 6.07) is 12.6. The molecule has 0 aliphatic carbocycles. The summed E-state index contributed by atoms with van der Waals surface area (Å²) in [5.41, 5.74) is 2.40. The molecule has 0 fully saturated rings. The molecule has 0 saturated carbocycles. The standard InChI is InChI=1S/C17H14ClFOS/c18-16-7-4-14(5-8-16)11-21-12-15-6-3-13(2-1-9-20)10-17(15)19/h3-8,10,20H,9,11-12H2. The average molecular weight is 321 g/mol. The van der Waals surface area contributed by atoms with Crippen LogP contribution in [0.25, 0.3) is 0 Å². The van der Waals surface area contributed by atoms with E-state index in [4.69, 9.17) is 16.7 Å². The molecule has 0 atom stereocenters. The van der Waals surface area contributed by atoms with E-state index in [-0.39, 0.29) is 12.4 Å². The molecule has 2 aromatic carbocycles. The molecule has 0 heterocycles. The number of halogens is 2. The summed E-state index contributed by atoms with van der Waals surface area (Å²) in [6.45, 7) is -0.222. The summed E-state index contributed by atoms with van der Waals surface area (Å²) < 4.78 is 13.9. The highest BCUT2D eigenvalue weighted by atomic mass is 35.5. The molecule has 2 aromatic rings. The second kappa shape index (κ2) is 8.09. The van der Waals surface area contributed by atoms with Crippen molar-refractivity contribution in [2.75, 3.05) is 6.61 Å². The summed E-state index contributed by atoms with van der Waals surface area (Å²) in [5, 5.41) is 9.33. The number of aliphatic hydroxyl groups is 1. The van der Waals surface area contributed by atoms with E-state index in [0.29, 0.717) is 16.9 Å². The predicted octanol–water partition coefficient (Wildman–Crippen LogP) is 4.26. The van der Waals surface area contributed by atoms with Gasteiger partial charge in [-0.3, -0.25) is 0 Å². The number of benzene rings is 2. The number of hydrogen-bond acceptors (Lipinski definition) is 2. The normalized spacial score (nSPS) is 10.0. The third kappa shape index (κ3) is 5.09. The largest absolute Gasteiger partial charge is 0.384 e. The van der Waals surface area contributed by atoms with Gasteiger partial charge < -0.3 is 5.11 Å². The quantitative estimate of drug-likeness (QED) is 0.850. The molecule has 1 nitrogen and oxygen atoms in total. The summed E-state index contributed by atoms with van der Waals surface area (Å²) in [7, 11) is 0. The van der Waals surface area contributed by atoms with Crippen LogP contribution in [-0.2, 0) is 11.5 Å². The Kier molecular flexibility index (Phi) is 6.13. The van der Waals surface area contributed by atoms with Crippen LogP contribution in [0.3, 0.4) is 0 Å². The van der Waals surface area contributed by atoms with E-state index in [2.05, 4.69) is 11.8 Å². The van der Waals surface area contributed by atoms with Crippen LogP contribution in [0, 0.1) is 17.7 Å². The van der Waals surface area contributed by atoms with Crippen molar-refractivity contribution < 1.29 is 9.50 Å². The maximum Gasteiger partial charge on any atom is 0.128 e. The van der Waals surface area contributed by atoms with Gasteiger partial charge in [-0.1, -0.05) is 41.6 Å². The van der Waals surface area contributed by atoms with E-state index < -0.39 is 0 Å². The van der Waals surface area contributed by atoms with Gasteiger partial charge in [0.15, 0.2) is 0 Å². The first-order valence-electron chi connectivity index (χ1n) is 6.39. The number of rotatable bonds is 4. The molecule has 0 bridgehead atoms. The van der Waals surface area contributed by atoms with Crippen LogP contribution in [-0.4, -0.2) is 11.7 Å². The molecule has 0 aromatic heterocycles. The lowest BCUT2D eigenvalue weighted by atomic mass is 10.1. The lowest BCUT2D eigenvalue weighted by Gasteiger charge is -2.04. The average Bonchev–Trinajstić information content (AvgIpc) is 2.49. The van der Waals surface area contributed by atoms with Gasteiger partial charge in [-0.05, 0) is 35.4 Å². The molecule has 4 heteroatoms. The minimum Gasteiger partial charge on any atom is -0.384 e. The fourth-order valence-corrected chi connectivity index (χ4v) is 2.85. The van der Waals surface area contributed by atoms with Gasteiger partial charge in [0.25, 0.3) is 0 Å². The molecule has 21 heavy (non-hydrogen) atoms. The Balaban J connectivity index is 1.92. The van der Waals surface area contributed by atoms with E-state index >= 15 is 0 Å². The van der Waals surface area contributed by atoms with E-state index in [1.54, 1.807) is 23.9 Å². The number of aliphatic hydroxyl groups excluding tert-OH is 1. The molecule has 1 N–H and O–H groups in total. The molecule has 0 saturated heterocycles. The third-order valence-corrected chi connectivity index (χ3v) is 4.11. The van der Waals surface area contributed by atoms with E-state index in [1.807, 2.05) is 24.3 Å². The zero-order chi connectivity index (χ0) is 15.1. The second-order valence-corrected chi connectivity index (χ2v) is 5.81. The molecule has 2 rings (SSSR count). The van der Waals surface area contributed by atoms with Gasteiger partial charge in [0.05, 0.1) is 0 Å². The number of hydrogen-bond donors (Lipinski definition) is 1. The molecular formula is C17H14ClFOS. The minimum absolute atomic E-state index is 0.222. The van der Waals surface area contributed by atoms with Crippen LogP contribution in [0.15, 0.2) is 42.5 Å². The minimum atomic E-state index is -0.261. The smallest absolute Gasteiger partial charge is 0.128 e. The summed E-state index contributed by atoms with van der Waals surface area (Å²) >= 11 is 7.47. The maximum atomic E-state index is 13.9. The van der Waals surface area contributed by atoms with Crippen molar-refractivity contribution in [3.63, 3.8) is 0 Å². The molecule has 0 aliphatic heterocycles. The first-order valence-corrected chi connectivity index (χ1v) is 7.92. The highest BCUT2D eigenvalue weighted by Gasteiger charge is 2.03. The molecule has 0 amide bonds. The van der Waals surface area contributed by atoms with Gasteiger partial charge in [-0.25, -0.2) is 4.39 Å². The molecule has 0 spiro atoms. The highest BCUT2D eigenvalue weighted by Crippen LogP contribution is 2.21.